The van der Waals surface area contributed by atoms with Crippen LogP contribution in [0.2, 0.25) is 0 Å². The van der Waals surface area contributed by atoms with Crippen LogP contribution in [0.1, 0.15) is 10.4 Å². The Balaban J connectivity index is 1.43. The summed E-state index contributed by atoms with van der Waals surface area (Å²) in [5.41, 5.74) is 8.98. The number of furan rings is 1. The highest BCUT2D eigenvalue weighted by Gasteiger charge is 2.24. The molecule has 3 heterocycles. The van der Waals surface area contributed by atoms with Gasteiger partial charge < -0.3 is 24.9 Å². The number of benzene rings is 4. The van der Waals surface area contributed by atoms with Crippen LogP contribution in [0.5, 0.6) is 0 Å². The number of nitrogens with one attached hydrogen (secondary N) is 3. The van der Waals surface area contributed by atoms with E-state index in [0.717, 1.165) is 33.8 Å². The number of amides is 1. The van der Waals surface area contributed by atoms with E-state index >= 15 is 0 Å². The van der Waals surface area contributed by atoms with Crippen molar-refractivity contribution < 1.29 is 13.6 Å². The van der Waals surface area contributed by atoms with Crippen molar-refractivity contribution in [1.29, 1.82) is 0 Å². The molecule has 7 heteroatoms. The van der Waals surface area contributed by atoms with E-state index in [0.29, 0.717) is 34.5 Å². The molecular formula is C32H25FN4O2. The third-order valence-corrected chi connectivity index (χ3v) is 7.50. The van der Waals surface area contributed by atoms with Crippen LogP contribution in [-0.4, -0.2) is 24.6 Å². The maximum Gasteiger partial charge on any atom is 0.255 e. The molecule has 7 rings (SSSR count). The van der Waals surface area contributed by atoms with E-state index in [1.807, 2.05) is 19.2 Å². The molecule has 1 aliphatic rings. The molecular weight excluding hydrogens is 491 g/mol. The standard InChI is InChI=1S/C32H25FN4O2/c1-34-26-16-29-24(30(32(38)35-2)31(39-29)18-7-10-21(33)11-8-18)15-22(26)19-9-12-25-23(13-19)28-14-20-5-3-4-6-27(20)37(28)17-36-25/h3-16,34,36H,17H2,1-2H3,(H,35,38). The van der Waals surface area contributed by atoms with Gasteiger partial charge in [0, 0.05) is 59.0 Å². The summed E-state index contributed by atoms with van der Waals surface area (Å²) in [6, 6.07) is 26.9. The monoisotopic (exact) mass is 516 g/mol. The first-order valence-electron chi connectivity index (χ1n) is 12.8. The van der Waals surface area contributed by atoms with Crippen molar-refractivity contribution in [3.8, 4) is 33.7 Å². The molecule has 0 saturated heterocycles. The second kappa shape index (κ2) is 8.77. The van der Waals surface area contributed by atoms with E-state index in [-0.39, 0.29) is 11.7 Å². The fourth-order valence-corrected chi connectivity index (χ4v) is 5.59. The number of carbonyl (C=O) groups excluding carboxylic acids is 1. The van der Waals surface area contributed by atoms with E-state index in [1.54, 1.807) is 19.2 Å². The number of aromatic nitrogens is 1. The van der Waals surface area contributed by atoms with E-state index in [2.05, 4.69) is 69.0 Å². The van der Waals surface area contributed by atoms with Gasteiger partial charge in [0.2, 0.25) is 0 Å². The van der Waals surface area contributed by atoms with Gasteiger partial charge in [-0.3, -0.25) is 4.79 Å². The Bertz CT molecular complexity index is 1920. The van der Waals surface area contributed by atoms with Crippen LogP contribution in [0.4, 0.5) is 15.8 Å². The summed E-state index contributed by atoms with van der Waals surface area (Å²) in [6.07, 6.45) is 0. The zero-order chi connectivity index (χ0) is 26.7. The molecule has 6 aromatic rings. The number of hydrogen-bond acceptors (Lipinski definition) is 4. The predicted octanol–water partition coefficient (Wildman–Crippen LogP) is 7.31. The fourth-order valence-electron chi connectivity index (χ4n) is 5.59. The molecule has 0 bridgehead atoms. The molecule has 0 aliphatic carbocycles. The third kappa shape index (κ3) is 3.58. The summed E-state index contributed by atoms with van der Waals surface area (Å²) >= 11 is 0. The zero-order valence-corrected chi connectivity index (χ0v) is 21.4. The van der Waals surface area contributed by atoms with Crippen molar-refractivity contribution in [1.82, 2.24) is 9.88 Å². The number of fused-ring (bicyclic) bond motifs is 6. The quantitative estimate of drug-likeness (QED) is 0.230. The summed E-state index contributed by atoms with van der Waals surface area (Å²) in [6.45, 7) is 0.708. The minimum Gasteiger partial charge on any atom is -0.455 e. The molecule has 0 unspecified atom stereocenters. The SMILES string of the molecule is CNC(=O)c1c(-c2ccc(F)cc2)oc2cc(NC)c(-c3ccc4c(c3)-c3cc5ccccc5n3CN4)cc12. The second-order valence-electron chi connectivity index (χ2n) is 9.65. The molecule has 0 spiro atoms. The van der Waals surface area contributed by atoms with Crippen LogP contribution in [0.3, 0.4) is 0 Å². The van der Waals surface area contributed by atoms with Crippen LogP contribution in [0, 0.1) is 5.82 Å². The molecule has 3 N–H and O–H groups in total. The predicted molar refractivity (Wildman–Crippen MR) is 155 cm³/mol. The molecule has 6 nitrogen and oxygen atoms in total. The zero-order valence-electron chi connectivity index (χ0n) is 21.4. The Morgan fingerprint density at radius 3 is 2.51 bits per heavy atom. The molecule has 4 aromatic carbocycles. The first-order valence-corrected chi connectivity index (χ1v) is 12.8. The van der Waals surface area contributed by atoms with Crippen LogP contribution < -0.4 is 16.0 Å². The summed E-state index contributed by atoms with van der Waals surface area (Å²) in [5.74, 6) is -0.213. The molecule has 39 heavy (non-hydrogen) atoms. The lowest BCUT2D eigenvalue weighted by atomic mass is 9.95. The Morgan fingerprint density at radius 2 is 1.72 bits per heavy atom. The number of rotatable bonds is 4. The van der Waals surface area contributed by atoms with Crippen molar-refractivity contribution in [3.63, 3.8) is 0 Å². The largest absolute Gasteiger partial charge is 0.455 e. The Morgan fingerprint density at radius 1 is 0.923 bits per heavy atom. The molecule has 0 atom stereocenters. The van der Waals surface area contributed by atoms with Crippen molar-refractivity contribution in [2.24, 2.45) is 0 Å². The second-order valence-corrected chi connectivity index (χ2v) is 9.65. The fraction of sp³-hybridized carbons (Fsp3) is 0.0938. The molecule has 0 saturated carbocycles. The molecule has 2 aromatic heterocycles. The molecule has 192 valence electrons. The van der Waals surface area contributed by atoms with Gasteiger partial charge in [0.15, 0.2) is 0 Å². The Hall–Kier alpha value is -5.04. The number of carbonyl (C=O) groups is 1. The van der Waals surface area contributed by atoms with E-state index in [9.17, 15) is 9.18 Å². The van der Waals surface area contributed by atoms with Crippen LogP contribution in [-0.2, 0) is 6.67 Å². The minimum atomic E-state index is -0.350. The maximum atomic E-state index is 13.6. The van der Waals surface area contributed by atoms with Crippen LogP contribution >= 0.6 is 0 Å². The topological polar surface area (TPSA) is 71.2 Å². The van der Waals surface area contributed by atoms with Gasteiger partial charge in [0.1, 0.15) is 17.2 Å². The van der Waals surface area contributed by atoms with Gasteiger partial charge in [-0.05, 0) is 60.2 Å². The lowest BCUT2D eigenvalue weighted by Gasteiger charge is -2.23. The molecule has 1 amide bonds. The van der Waals surface area contributed by atoms with E-state index in [1.165, 1.54) is 23.0 Å². The van der Waals surface area contributed by atoms with Crippen molar-refractivity contribution in [2.45, 2.75) is 6.67 Å². The first-order chi connectivity index (χ1) is 19.1. The molecule has 0 fully saturated rings. The molecule has 1 aliphatic heterocycles. The summed E-state index contributed by atoms with van der Waals surface area (Å²) in [4.78, 5) is 13.1. The third-order valence-electron chi connectivity index (χ3n) is 7.50. The number of anilines is 2. The van der Waals surface area contributed by atoms with Crippen molar-refractivity contribution >= 4 is 39.2 Å². The summed E-state index contributed by atoms with van der Waals surface area (Å²) in [7, 11) is 3.46. The Labute approximate surface area is 224 Å². The summed E-state index contributed by atoms with van der Waals surface area (Å²) < 4.78 is 22.1. The maximum absolute atomic E-state index is 13.6. The highest BCUT2D eigenvalue weighted by Crippen LogP contribution is 2.43. The number of halogens is 1. The lowest BCUT2D eigenvalue weighted by Crippen LogP contribution is -2.18. The normalized spacial score (nSPS) is 12.2. The van der Waals surface area contributed by atoms with Gasteiger partial charge in [-0.1, -0.05) is 24.3 Å². The van der Waals surface area contributed by atoms with E-state index < -0.39 is 0 Å². The molecule has 0 radical (unpaired) electrons. The van der Waals surface area contributed by atoms with Crippen molar-refractivity contribution in [2.75, 3.05) is 24.7 Å². The summed E-state index contributed by atoms with van der Waals surface area (Å²) in [5, 5.41) is 11.5. The first kappa shape index (κ1) is 23.1. The van der Waals surface area contributed by atoms with Crippen molar-refractivity contribution in [3.05, 3.63) is 96.3 Å². The number of hydrogen-bond donors (Lipinski definition) is 3. The average Bonchev–Trinajstić information content (AvgIpc) is 3.54. The highest BCUT2D eigenvalue weighted by atomic mass is 19.1. The number of para-hydroxylation sites is 1. The van der Waals surface area contributed by atoms with Gasteiger partial charge in [-0.15, -0.1) is 0 Å². The average molecular weight is 517 g/mol. The van der Waals surface area contributed by atoms with Gasteiger partial charge in [-0.25, -0.2) is 4.39 Å². The van der Waals surface area contributed by atoms with E-state index in [4.69, 9.17) is 4.42 Å². The van der Waals surface area contributed by atoms with Gasteiger partial charge in [0.25, 0.3) is 5.91 Å². The van der Waals surface area contributed by atoms with Crippen LogP contribution in [0.15, 0.2) is 89.3 Å². The van der Waals surface area contributed by atoms with Gasteiger partial charge in [0.05, 0.1) is 23.4 Å². The minimum absolute atomic E-state index is 0.268. The van der Waals surface area contributed by atoms with Gasteiger partial charge >= 0.3 is 0 Å². The van der Waals surface area contributed by atoms with Crippen LogP contribution in [0.25, 0.3) is 55.6 Å². The number of nitrogens with zero attached hydrogens (tertiary/aromatic N) is 1. The highest BCUT2D eigenvalue weighted by molar-refractivity contribution is 6.13. The van der Waals surface area contributed by atoms with Gasteiger partial charge in [-0.2, -0.15) is 0 Å². The smallest absolute Gasteiger partial charge is 0.255 e. The lowest BCUT2D eigenvalue weighted by molar-refractivity contribution is 0.0964. The Kier molecular flexibility index (Phi) is 5.20.